The Labute approximate surface area is 214 Å². The van der Waals surface area contributed by atoms with E-state index in [1.54, 1.807) is 0 Å². The van der Waals surface area contributed by atoms with Crippen LogP contribution in [0, 0.1) is 0 Å². The molecule has 0 aliphatic rings. The highest BCUT2D eigenvalue weighted by Gasteiger charge is 2.17. The Balaban J connectivity index is 2.37. The zero-order valence-corrected chi connectivity index (χ0v) is 23.6. The van der Waals surface area contributed by atoms with E-state index in [1.807, 2.05) is 12.1 Å². The van der Waals surface area contributed by atoms with Gasteiger partial charge in [-0.2, -0.15) is 0 Å². The molecule has 0 radical (unpaired) electrons. The number of carbonyl (C=O) groups is 2. The summed E-state index contributed by atoms with van der Waals surface area (Å²) in [5, 5.41) is 0. The van der Waals surface area contributed by atoms with Crippen LogP contribution < -0.4 is 0 Å². The number of hydrogen-bond acceptors (Lipinski definition) is 2. The normalized spacial score (nSPS) is 11.1. The molecule has 0 aromatic heterocycles. The van der Waals surface area contributed by atoms with Crippen LogP contribution in [0.3, 0.4) is 0 Å². The van der Waals surface area contributed by atoms with Crippen molar-refractivity contribution < 1.29 is 9.59 Å². The van der Waals surface area contributed by atoms with Crippen molar-refractivity contribution in [3.63, 3.8) is 0 Å². The summed E-state index contributed by atoms with van der Waals surface area (Å²) in [4.78, 5) is 25.4. The lowest BCUT2D eigenvalue weighted by atomic mass is 9.99. The van der Waals surface area contributed by atoms with Crippen molar-refractivity contribution in [2.75, 3.05) is 0 Å². The first-order valence-electron chi connectivity index (χ1n) is 13.1. The monoisotopic (exact) mass is 570 g/mol. The standard InChI is InChI=1S/C28H44Br2O2/c1-3-5-7-9-11-13-15-17-19-27(31)23-21-26(30)24(22-25(23)29)28(32)20-18-16-14-12-10-8-6-4-2/h21-22H,3-20H2,1-2H3. The summed E-state index contributed by atoms with van der Waals surface area (Å²) in [6, 6.07) is 3.66. The molecule has 0 bridgehead atoms. The van der Waals surface area contributed by atoms with E-state index in [-0.39, 0.29) is 11.6 Å². The van der Waals surface area contributed by atoms with E-state index in [0.29, 0.717) is 24.0 Å². The van der Waals surface area contributed by atoms with Gasteiger partial charge in [0.25, 0.3) is 0 Å². The molecule has 0 saturated carbocycles. The Morgan fingerprint density at radius 1 is 0.531 bits per heavy atom. The highest BCUT2D eigenvalue weighted by Crippen LogP contribution is 2.29. The quantitative estimate of drug-likeness (QED) is 0.115. The molecule has 0 spiro atoms. The second-order valence-electron chi connectivity index (χ2n) is 9.11. The Bertz CT molecular complexity index is 612. The fourth-order valence-electron chi connectivity index (χ4n) is 4.08. The van der Waals surface area contributed by atoms with Gasteiger partial charge in [-0.3, -0.25) is 9.59 Å². The summed E-state index contributed by atoms with van der Waals surface area (Å²) in [7, 11) is 0. The van der Waals surface area contributed by atoms with Gasteiger partial charge >= 0.3 is 0 Å². The van der Waals surface area contributed by atoms with E-state index in [4.69, 9.17) is 0 Å². The zero-order chi connectivity index (χ0) is 23.6. The molecule has 32 heavy (non-hydrogen) atoms. The minimum atomic E-state index is 0.158. The molecule has 182 valence electrons. The van der Waals surface area contributed by atoms with E-state index in [2.05, 4.69) is 45.7 Å². The number of carbonyl (C=O) groups excluding carboxylic acids is 2. The van der Waals surface area contributed by atoms with Gasteiger partial charge in [0.05, 0.1) is 0 Å². The van der Waals surface area contributed by atoms with Gasteiger partial charge in [0.15, 0.2) is 11.6 Å². The van der Waals surface area contributed by atoms with Gasteiger partial charge in [-0.25, -0.2) is 0 Å². The minimum Gasteiger partial charge on any atom is -0.294 e. The van der Waals surface area contributed by atoms with Crippen LogP contribution in [0.25, 0.3) is 0 Å². The Hall–Kier alpha value is -0.480. The molecule has 1 rings (SSSR count). The average molecular weight is 572 g/mol. The number of Topliss-reactive ketones (excluding diaryl/α,β-unsaturated/α-hetero) is 2. The number of halogens is 2. The maximum atomic E-state index is 12.7. The first-order chi connectivity index (χ1) is 15.5. The molecular formula is C28H44Br2O2. The van der Waals surface area contributed by atoms with Crippen LogP contribution >= 0.6 is 31.9 Å². The summed E-state index contributed by atoms with van der Waals surface area (Å²) in [5.74, 6) is 0.316. The average Bonchev–Trinajstić information content (AvgIpc) is 2.78. The second-order valence-corrected chi connectivity index (χ2v) is 10.8. The predicted octanol–water partition coefficient (Wildman–Crippen LogP) is 10.6. The molecule has 0 saturated heterocycles. The molecule has 0 aliphatic heterocycles. The smallest absolute Gasteiger partial charge is 0.164 e. The topological polar surface area (TPSA) is 34.1 Å². The second kappa shape index (κ2) is 18.9. The van der Waals surface area contributed by atoms with E-state index >= 15 is 0 Å². The lowest BCUT2D eigenvalue weighted by Gasteiger charge is -2.10. The van der Waals surface area contributed by atoms with Crippen molar-refractivity contribution in [2.45, 2.75) is 129 Å². The molecule has 4 heteroatoms. The van der Waals surface area contributed by atoms with Crippen molar-refractivity contribution in [1.82, 2.24) is 0 Å². The van der Waals surface area contributed by atoms with Crippen LogP contribution in [0.5, 0.6) is 0 Å². The van der Waals surface area contributed by atoms with Crippen molar-refractivity contribution in [3.8, 4) is 0 Å². The van der Waals surface area contributed by atoms with E-state index < -0.39 is 0 Å². The first-order valence-corrected chi connectivity index (χ1v) is 14.6. The van der Waals surface area contributed by atoms with Crippen molar-refractivity contribution >= 4 is 43.4 Å². The molecule has 0 amide bonds. The minimum absolute atomic E-state index is 0.158. The van der Waals surface area contributed by atoms with E-state index in [0.717, 1.165) is 34.6 Å². The van der Waals surface area contributed by atoms with Crippen LogP contribution in [-0.4, -0.2) is 11.6 Å². The summed E-state index contributed by atoms with van der Waals surface area (Å²) in [5.41, 5.74) is 1.37. The van der Waals surface area contributed by atoms with Gasteiger partial charge in [-0.05, 0) is 25.0 Å². The molecule has 2 nitrogen and oxygen atoms in total. The lowest BCUT2D eigenvalue weighted by Crippen LogP contribution is -2.05. The fourth-order valence-corrected chi connectivity index (χ4v) is 5.21. The van der Waals surface area contributed by atoms with Crippen molar-refractivity contribution in [1.29, 1.82) is 0 Å². The van der Waals surface area contributed by atoms with Gasteiger partial charge < -0.3 is 0 Å². The maximum Gasteiger partial charge on any atom is 0.164 e. The summed E-state index contributed by atoms with van der Waals surface area (Å²) in [6.07, 6.45) is 20.8. The van der Waals surface area contributed by atoms with Crippen LogP contribution in [0.4, 0.5) is 0 Å². The number of benzene rings is 1. The third-order valence-electron chi connectivity index (χ3n) is 6.17. The van der Waals surface area contributed by atoms with Crippen LogP contribution in [-0.2, 0) is 0 Å². The molecule has 0 atom stereocenters. The Morgan fingerprint density at radius 3 is 1.12 bits per heavy atom. The van der Waals surface area contributed by atoms with Gasteiger partial charge in [0.1, 0.15) is 0 Å². The third-order valence-corrected chi connectivity index (χ3v) is 7.48. The van der Waals surface area contributed by atoms with Gasteiger partial charge in [0.2, 0.25) is 0 Å². The zero-order valence-electron chi connectivity index (χ0n) is 20.5. The van der Waals surface area contributed by atoms with Gasteiger partial charge in [-0.15, -0.1) is 0 Å². The number of hydrogen-bond donors (Lipinski definition) is 0. The molecule has 0 heterocycles. The third kappa shape index (κ3) is 12.7. The highest BCUT2D eigenvalue weighted by molar-refractivity contribution is 9.11. The van der Waals surface area contributed by atoms with Crippen molar-refractivity contribution in [3.05, 3.63) is 32.2 Å². The molecule has 0 N–H and O–H groups in total. The SMILES string of the molecule is CCCCCCCCCCC(=O)c1cc(Br)c(C(=O)CCCCCCCCCC)cc1Br. The predicted molar refractivity (Wildman–Crippen MR) is 145 cm³/mol. The first kappa shape index (κ1) is 29.6. The summed E-state index contributed by atoms with van der Waals surface area (Å²) in [6.45, 7) is 4.48. The molecule has 0 aliphatic carbocycles. The van der Waals surface area contributed by atoms with Gasteiger partial charge in [0, 0.05) is 32.9 Å². The van der Waals surface area contributed by atoms with Gasteiger partial charge in [-0.1, -0.05) is 136 Å². The largest absolute Gasteiger partial charge is 0.294 e. The molecule has 0 fully saturated rings. The Morgan fingerprint density at radius 2 is 0.812 bits per heavy atom. The summed E-state index contributed by atoms with van der Waals surface area (Å²) < 4.78 is 1.48. The highest BCUT2D eigenvalue weighted by atomic mass is 79.9. The van der Waals surface area contributed by atoms with E-state index in [1.165, 1.54) is 77.0 Å². The number of ketones is 2. The molecule has 1 aromatic rings. The van der Waals surface area contributed by atoms with Crippen LogP contribution in [0.1, 0.15) is 150 Å². The van der Waals surface area contributed by atoms with Crippen molar-refractivity contribution in [2.24, 2.45) is 0 Å². The van der Waals surface area contributed by atoms with E-state index in [9.17, 15) is 9.59 Å². The number of rotatable bonds is 20. The molecule has 0 unspecified atom stereocenters. The number of unbranched alkanes of at least 4 members (excludes halogenated alkanes) is 14. The Kier molecular flexibility index (Phi) is 17.4. The molecule has 1 aromatic carbocycles. The lowest BCUT2D eigenvalue weighted by molar-refractivity contribution is 0.0966. The summed E-state index contributed by atoms with van der Waals surface area (Å²) >= 11 is 7.07. The van der Waals surface area contributed by atoms with Crippen LogP contribution in [0.15, 0.2) is 21.1 Å². The van der Waals surface area contributed by atoms with Crippen LogP contribution in [0.2, 0.25) is 0 Å². The maximum absolute atomic E-state index is 12.7. The fraction of sp³-hybridized carbons (Fsp3) is 0.714. The molecular weight excluding hydrogens is 528 g/mol.